The molecule has 2 saturated heterocycles. The number of nitrogens with zero attached hydrogens (tertiary/aromatic N) is 2. The first-order valence-electron chi connectivity index (χ1n) is 17.5. The van der Waals surface area contributed by atoms with Gasteiger partial charge < -0.3 is 29.7 Å². The van der Waals surface area contributed by atoms with Crippen LogP contribution in [0.15, 0.2) is 53.0 Å². The second-order valence-electron chi connectivity index (χ2n) is 16.2. The molecular weight excluding hydrogens is 690 g/mol. The molecule has 5 rings (SSSR count). The summed E-state index contributed by atoms with van der Waals surface area (Å²) in [4.78, 5) is 60.7. The number of rotatable bonds is 7. The Morgan fingerprint density at radius 2 is 1.73 bits per heavy atom. The molecule has 2 N–H and O–H groups in total. The van der Waals surface area contributed by atoms with Crippen molar-refractivity contribution in [1.82, 2.24) is 15.1 Å². The molecule has 49 heavy (non-hydrogen) atoms. The number of nitrogens with one attached hydrogen (secondary N) is 1. The van der Waals surface area contributed by atoms with E-state index in [0.717, 1.165) is 5.56 Å². The summed E-state index contributed by atoms with van der Waals surface area (Å²) in [6.07, 6.45) is 6.46. The van der Waals surface area contributed by atoms with E-state index in [0.29, 0.717) is 23.7 Å². The van der Waals surface area contributed by atoms with Gasteiger partial charge in [-0.25, -0.2) is 0 Å². The van der Waals surface area contributed by atoms with Crippen molar-refractivity contribution in [2.24, 2.45) is 23.2 Å². The SMILES string of the molecule is CC(C)C[C@H](CO)N1C(=O)[C@@H]2[C@H]3C(=O)N[C@@H](c4ccccc4)COC(=O)CC/C=C\CN(C(C)(C)CC(C)(C)C)C(=O)[C@@H]1[C@]21C=C(Br)[C@H]3O1. The molecule has 10 nitrogen and oxygen atoms in total. The molecule has 1 aromatic carbocycles. The molecule has 0 radical (unpaired) electrons. The van der Waals surface area contributed by atoms with Crippen molar-refractivity contribution in [2.45, 2.75) is 110 Å². The molecule has 0 aromatic heterocycles. The Labute approximate surface area is 298 Å². The summed E-state index contributed by atoms with van der Waals surface area (Å²) in [5.74, 6) is -3.39. The zero-order valence-corrected chi connectivity index (χ0v) is 31.4. The zero-order valence-electron chi connectivity index (χ0n) is 29.8. The Balaban J connectivity index is 1.66. The smallest absolute Gasteiger partial charge is 0.306 e. The number of hydrogen-bond donors (Lipinski definition) is 2. The number of aliphatic hydroxyl groups excluding tert-OH is 1. The van der Waals surface area contributed by atoms with Gasteiger partial charge in [0, 0.05) is 23.0 Å². The molecule has 268 valence electrons. The van der Waals surface area contributed by atoms with E-state index in [1.165, 1.54) is 4.90 Å². The molecule has 3 amide bonds. The van der Waals surface area contributed by atoms with Crippen LogP contribution in [-0.2, 0) is 28.7 Å². The van der Waals surface area contributed by atoms with E-state index in [4.69, 9.17) is 9.47 Å². The van der Waals surface area contributed by atoms with Gasteiger partial charge in [0.2, 0.25) is 17.7 Å². The van der Waals surface area contributed by atoms with E-state index in [-0.39, 0.29) is 49.3 Å². The third kappa shape index (κ3) is 7.40. The van der Waals surface area contributed by atoms with Crippen molar-refractivity contribution in [3.8, 4) is 0 Å². The molecule has 4 aliphatic rings. The second kappa shape index (κ2) is 14.3. The third-order valence-corrected chi connectivity index (χ3v) is 10.8. The monoisotopic (exact) mass is 741 g/mol. The first-order valence-corrected chi connectivity index (χ1v) is 18.3. The van der Waals surface area contributed by atoms with Gasteiger partial charge in [-0.1, -0.05) is 93.0 Å². The van der Waals surface area contributed by atoms with Crippen LogP contribution in [0, 0.1) is 23.2 Å². The lowest BCUT2D eigenvalue weighted by Crippen LogP contribution is -2.62. The van der Waals surface area contributed by atoms with Crippen molar-refractivity contribution in [3.05, 3.63) is 58.6 Å². The number of amides is 3. The number of carbonyl (C=O) groups excluding carboxylic acids is 4. The number of hydrogen-bond acceptors (Lipinski definition) is 7. The number of benzene rings is 1. The van der Waals surface area contributed by atoms with Crippen molar-refractivity contribution < 1.29 is 33.8 Å². The Morgan fingerprint density at radius 1 is 1.04 bits per heavy atom. The van der Waals surface area contributed by atoms with Gasteiger partial charge in [0.05, 0.1) is 30.5 Å². The highest BCUT2D eigenvalue weighted by Gasteiger charge is 2.75. The summed E-state index contributed by atoms with van der Waals surface area (Å²) in [5.41, 5.74) is -1.48. The highest BCUT2D eigenvalue weighted by atomic mass is 79.9. The second-order valence-corrected chi connectivity index (χ2v) is 17.1. The number of cyclic esters (lactones) is 1. The highest BCUT2D eigenvalue weighted by molar-refractivity contribution is 9.11. The first-order chi connectivity index (χ1) is 23.0. The summed E-state index contributed by atoms with van der Waals surface area (Å²) in [7, 11) is 0. The number of halogens is 1. The van der Waals surface area contributed by atoms with E-state index < -0.39 is 59.1 Å². The van der Waals surface area contributed by atoms with Gasteiger partial charge in [-0.15, -0.1) is 0 Å². The molecule has 0 aliphatic carbocycles. The number of aliphatic hydroxyl groups is 1. The van der Waals surface area contributed by atoms with E-state index in [2.05, 4.69) is 42.0 Å². The van der Waals surface area contributed by atoms with Gasteiger partial charge in [0.1, 0.15) is 24.4 Å². The summed E-state index contributed by atoms with van der Waals surface area (Å²) < 4.78 is 13.0. The molecule has 0 saturated carbocycles. The number of esters is 1. The molecule has 4 aliphatic heterocycles. The predicted molar refractivity (Wildman–Crippen MR) is 189 cm³/mol. The van der Waals surface area contributed by atoms with Gasteiger partial charge in [-0.2, -0.15) is 0 Å². The minimum absolute atomic E-state index is 0.0830. The lowest BCUT2D eigenvalue weighted by atomic mass is 9.73. The van der Waals surface area contributed by atoms with Crippen LogP contribution in [0.5, 0.6) is 0 Å². The minimum atomic E-state index is -1.44. The minimum Gasteiger partial charge on any atom is -0.463 e. The highest BCUT2D eigenvalue weighted by Crippen LogP contribution is 2.59. The van der Waals surface area contributed by atoms with Crippen molar-refractivity contribution in [2.75, 3.05) is 19.8 Å². The average molecular weight is 743 g/mol. The Bertz CT molecular complexity index is 1490. The topological polar surface area (TPSA) is 125 Å². The van der Waals surface area contributed by atoms with Gasteiger partial charge in [-0.05, 0) is 56.1 Å². The fourth-order valence-corrected chi connectivity index (χ4v) is 9.28. The summed E-state index contributed by atoms with van der Waals surface area (Å²) in [6.45, 7) is 14.3. The van der Waals surface area contributed by atoms with Crippen LogP contribution in [0.2, 0.25) is 0 Å². The Hall–Kier alpha value is -3.02. The molecule has 1 aromatic rings. The van der Waals surface area contributed by atoms with Crippen molar-refractivity contribution in [1.29, 1.82) is 0 Å². The normalized spacial score (nSPS) is 31.1. The quantitative estimate of drug-likeness (QED) is 0.296. The van der Waals surface area contributed by atoms with E-state index in [9.17, 15) is 19.5 Å². The number of ether oxygens (including phenoxy) is 2. The summed E-state index contributed by atoms with van der Waals surface area (Å²) >= 11 is 3.65. The maximum Gasteiger partial charge on any atom is 0.306 e. The molecule has 1 spiro atoms. The lowest BCUT2D eigenvalue weighted by molar-refractivity contribution is -0.155. The van der Waals surface area contributed by atoms with E-state index in [1.54, 1.807) is 4.90 Å². The van der Waals surface area contributed by atoms with Gasteiger partial charge in [0.25, 0.3) is 0 Å². The van der Waals surface area contributed by atoms with Crippen molar-refractivity contribution in [3.63, 3.8) is 0 Å². The fraction of sp³-hybridized carbons (Fsp3) is 0.632. The van der Waals surface area contributed by atoms with Crippen LogP contribution in [-0.4, -0.2) is 87.7 Å². The predicted octanol–water partition coefficient (Wildman–Crippen LogP) is 5.06. The van der Waals surface area contributed by atoms with Crippen LogP contribution in [0.4, 0.5) is 0 Å². The number of fused-ring (bicyclic) bond motifs is 2. The number of carbonyl (C=O) groups is 4. The third-order valence-electron chi connectivity index (χ3n) is 10.1. The largest absolute Gasteiger partial charge is 0.463 e. The van der Waals surface area contributed by atoms with Crippen LogP contribution in [0.25, 0.3) is 0 Å². The first kappa shape index (κ1) is 37.2. The molecule has 4 heterocycles. The van der Waals surface area contributed by atoms with Gasteiger partial charge in [0.15, 0.2) is 0 Å². The molecule has 11 heteroatoms. The lowest BCUT2D eigenvalue weighted by Gasteiger charge is -2.46. The average Bonchev–Trinajstić information content (AvgIpc) is 3.61. The molecule has 2 fully saturated rings. The summed E-state index contributed by atoms with van der Waals surface area (Å²) in [6, 6.07) is 6.80. The van der Waals surface area contributed by atoms with Gasteiger partial charge >= 0.3 is 5.97 Å². The molecule has 0 unspecified atom stereocenters. The zero-order chi connectivity index (χ0) is 35.9. The summed E-state index contributed by atoms with van der Waals surface area (Å²) in [5, 5.41) is 13.8. The van der Waals surface area contributed by atoms with Crippen LogP contribution in [0.3, 0.4) is 0 Å². The standard InChI is InChI=1S/C38H52BrN3O7/c1-23(2)18-25(20-43)42-32-35(47)41(37(6,7)22-36(3,4)5)17-13-9-12-16-28(44)48-21-27(24-14-10-8-11-15-24)40-33(45)29-30(34(42)46)38(32)19-26(39)31(29)49-38/h8-11,13-15,19,23,25,27,29-32,43H,12,16-18,20-22H2,1-7H3,(H,40,45)/b13-9-/t25-,27-,29-,30+,31-,32-,38+/m1/s1. The number of allylic oxidation sites excluding steroid dienone is 1. The molecule has 5 bridgehead atoms. The van der Waals surface area contributed by atoms with Crippen molar-refractivity contribution >= 4 is 39.6 Å². The molecule has 7 atom stereocenters. The fourth-order valence-electron chi connectivity index (χ4n) is 8.55. The maximum absolute atomic E-state index is 15.3. The van der Waals surface area contributed by atoms with Gasteiger partial charge in [-0.3, -0.25) is 19.2 Å². The number of likely N-dealkylation sites (tertiary alicyclic amines) is 1. The van der Waals surface area contributed by atoms with Crippen LogP contribution in [0.1, 0.15) is 85.8 Å². The van der Waals surface area contributed by atoms with Crippen LogP contribution >= 0.6 is 15.9 Å². The van der Waals surface area contributed by atoms with E-state index in [1.807, 2.05) is 76.3 Å². The Morgan fingerprint density at radius 3 is 2.37 bits per heavy atom. The maximum atomic E-state index is 15.3. The molecular formula is C38H52BrN3O7. The Kier molecular flexibility index (Phi) is 10.9. The van der Waals surface area contributed by atoms with Crippen LogP contribution < -0.4 is 5.32 Å². The van der Waals surface area contributed by atoms with E-state index >= 15 is 4.79 Å².